The molecule has 0 aliphatic heterocycles. The van der Waals surface area contributed by atoms with Gasteiger partial charge in [0.1, 0.15) is 6.33 Å². The van der Waals surface area contributed by atoms with E-state index in [2.05, 4.69) is 33.8 Å². The van der Waals surface area contributed by atoms with E-state index in [9.17, 15) is 0 Å². The van der Waals surface area contributed by atoms with Gasteiger partial charge in [0.2, 0.25) is 0 Å². The summed E-state index contributed by atoms with van der Waals surface area (Å²) in [5, 5.41) is 14.6. The van der Waals surface area contributed by atoms with E-state index in [0.717, 1.165) is 17.9 Å². The molecule has 0 saturated carbocycles. The number of nitrogens with zero attached hydrogens (tertiary/aromatic N) is 4. The summed E-state index contributed by atoms with van der Waals surface area (Å²) < 4.78 is 1.65. The number of rotatable bonds is 7. The lowest BCUT2D eigenvalue weighted by atomic mass is 10.2. The van der Waals surface area contributed by atoms with Crippen LogP contribution in [0.25, 0.3) is 5.69 Å². The Kier molecular flexibility index (Phi) is 5.01. The Bertz CT molecular complexity index is 457. The minimum absolute atomic E-state index is 0.966. The molecule has 0 spiro atoms. The van der Waals surface area contributed by atoms with E-state index in [-0.39, 0.29) is 0 Å². The highest BCUT2D eigenvalue weighted by atomic mass is 32.2. The van der Waals surface area contributed by atoms with Gasteiger partial charge in [-0.05, 0) is 46.6 Å². The highest BCUT2D eigenvalue weighted by Crippen LogP contribution is 2.13. The molecule has 5 nitrogen and oxygen atoms in total. The maximum absolute atomic E-state index is 3.87. The molecule has 1 aromatic heterocycles. The van der Waals surface area contributed by atoms with Gasteiger partial charge in [0, 0.05) is 12.2 Å². The number of tetrazole rings is 1. The molecule has 0 unspecified atom stereocenters. The van der Waals surface area contributed by atoms with E-state index in [1.54, 1.807) is 11.0 Å². The van der Waals surface area contributed by atoms with Gasteiger partial charge in [-0.3, -0.25) is 0 Å². The van der Waals surface area contributed by atoms with Gasteiger partial charge in [0.25, 0.3) is 0 Å². The molecule has 0 saturated heterocycles. The number of thioether (sulfide) groups is 1. The van der Waals surface area contributed by atoms with E-state index in [1.165, 1.54) is 17.9 Å². The van der Waals surface area contributed by atoms with Crippen LogP contribution < -0.4 is 5.32 Å². The average molecular weight is 263 g/mol. The molecule has 2 rings (SSSR count). The van der Waals surface area contributed by atoms with Crippen LogP contribution in [-0.2, 0) is 0 Å². The summed E-state index contributed by atoms with van der Waals surface area (Å²) in [4.78, 5) is 0. The number of benzene rings is 1. The summed E-state index contributed by atoms with van der Waals surface area (Å²) in [6.07, 6.45) is 2.77. The van der Waals surface area contributed by atoms with Crippen LogP contribution in [-0.4, -0.2) is 38.3 Å². The Balaban J connectivity index is 1.88. The second-order valence-corrected chi connectivity index (χ2v) is 5.18. The van der Waals surface area contributed by atoms with Crippen LogP contribution in [0.1, 0.15) is 13.3 Å². The lowest BCUT2D eigenvalue weighted by Gasteiger charge is -2.07. The van der Waals surface area contributed by atoms with Crippen molar-refractivity contribution < 1.29 is 0 Å². The third kappa shape index (κ3) is 3.73. The van der Waals surface area contributed by atoms with E-state index in [1.807, 2.05) is 30.0 Å². The van der Waals surface area contributed by atoms with Crippen molar-refractivity contribution >= 4 is 17.4 Å². The first-order chi connectivity index (χ1) is 8.90. The summed E-state index contributed by atoms with van der Waals surface area (Å²) in [5.41, 5.74) is 2.07. The van der Waals surface area contributed by atoms with Crippen molar-refractivity contribution in [1.29, 1.82) is 0 Å². The minimum Gasteiger partial charge on any atom is -0.385 e. The lowest BCUT2D eigenvalue weighted by Crippen LogP contribution is -2.03. The summed E-state index contributed by atoms with van der Waals surface area (Å²) in [6.45, 7) is 3.18. The zero-order valence-corrected chi connectivity index (χ0v) is 11.2. The molecule has 18 heavy (non-hydrogen) atoms. The Labute approximate surface area is 111 Å². The Morgan fingerprint density at radius 1 is 1.39 bits per heavy atom. The summed E-state index contributed by atoms with van der Waals surface area (Å²) in [7, 11) is 0. The van der Waals surface area contributed by atoms with Crippen molar-refractivity contribution in [2.75, 3.05) is 23.4 Å². The van der Waals surface area contributed by atoms with Gasteiger partial charge in [-0.2, -0.15) is 11.8 Å². The molecule has 96 valence electrons. The maximum atomic E-state index is 3.87. The van der Waals surface area contributed by atoms with Crippen molar-refractivity contribution in [3.63, 3.8) is 0 Å². The second kappa shape index (κ2) is 7.00. The quantitative estimate of drug-likeness (QED) is 0.776. The van der Waals surface area contributed by atoms with Crippen molar-refractivity contribution in [2.24, 2.45) is 0 Å². The van der Waals surface area contributed by atoms with Gasteiger partial charge in [0.05, 0.1) is 5.69 Å². The third-order valence-corrected chi connectivity index (χ3v) is 3.44. The van der Waals surface area contributed by atoms with E-state index >= 15 is 0 Å². The fourth-order valence-electron chi connectivity index (χ4n) is 1.59. The van der Waals surface area contributed by atoms with Crippen molar-refractivity contribution in [3.05, 3.63) is 30.6 Å². The van der Waals surface area contributed by atoms with Gasteiger partial charge >= 0.3 is 0 Å². The van der Waals surface area contributed by atoms with Crippen molar-refractivity contribution in [3.8, 4) is 5.69 Å². The minimum atomic E-state index is 0.966. The Hall–Kier alpha value is -1.56. The first kappa shape index (κ1) is 12.9. The molecular formula is C12H17N5S. The number of hydrogen-bond donors (Lipinski definition) is 1. The van der Waals surface area contributed by atoms with Crippen molar-refractivity contribution in [2.45, 2.75) is 13.3 Å². The Morgan fingerprint density at radius 2 is 2.33 bits per heavy atom. The monoisotopic (exact) mass is 263 g/mol. The molecule has 0 aliphatic carbocycles. The molecule has 0 fully saturated rings. The normalized spacial score (nSPS) is 10.5. The number of hydrogen-bond acceptors (Lipinski definition) is 5. The summed E-state index contributed by atoms with van der Waals surface area (Å²) in [5.74, 6) is 2.39. The molecule has 1 heterocycles. The maximum Gasteiger partial charge on any atom is 0.143 e. The fourth-order valence-corrected chi connectivity index (χ4v) is 2.23. The van der Waals surface area contributed by atoms with Crippen LogP contribution >= 0.6 is 11.8 Å². The smallest absolute Gasteiger partial charge is 0.143 e. The summed E-state index contributed by atoms with van der Waals surface area (Å²) in [6, 6.07) is 8.08. The zero-order chi connectivity index (χ0) is 12.6. The van der Waals surface area contributed by atoms with Crippen molar-refractivity contribution in [1.82, 2.24) is 20.2 Å². The van der Waals surface area contributed by atoms with Crippen LogP contribution in [0.3, 0.4) is 0 Å². The van der Waals surface area contributed by atoms with Gasteiger partial charge in [-0.1, -0.05) is 13.0 Å². The first-order valence-electron chi connectivity index (χ1n) is 6.05. The molecule has 1 aromatic carbocycles. The SMILES string of the molecule is CCSCCCNc1cccc(-n2cnnn2)c1. The second-order valence-electron chi connectivity index (χ2n) is 3.78. The molecule has 0 bridgehead atoms. The third-order valence-electron chi connectivity index (χ3n) is 2.46. The molecule has 0 atom stereocenters. The highest BCUT2D eigenvalue weighted by Gasteiger charge is 1.99. The fraction of sp³-hybridized carbons (Fsp3) is 0.417. The zero-order valence-electron chi connectivity index (χ0n) is 10.4. The predicted molar refractivity (Wildman–Crippen MR) is 75.3 cm³/mol. The number of aromatic nitrogens is 4. The number of anilines is 1. The average Bonchev–Trinajstić information content (AvgIpc) is 2.93. The topological polar surface area (TPSA) is 55.6 Å². The largest absolute Gasteiger partial charge is 0.385 e. The van der Waals surface area contributed by atoms with Gasteiger partial charge < -0.3 is 5.32 Å². The molecule has 6 heteroatoms. The van der Waals surface area contributed by atoms with Gasteiger partial charge in [-0.25, -0.2) is 4.68 Å². The molecular weight excluding hydrogens is 246 g/mol. The molecule has 0 aliphatic rings. The first-order valence-corrected chi connectivity index (χ1v) is 7.20. The molecule has 2 aromatic rings. The van der Waals surface area contributed by atoms with Crippen LogP contribution in [0.5, 0.6) is 0 Å². The highest BCUT2D eigenvalue weighted by molar-refractivity contribution is 7.99. The van der Waals surface area contributed by atoms with Crippen LogP contribution in [0.4, 0.5) is 5.69 Å². The van der Waals surface area contributed by atoms with Crippen LogP contribution in [0.15, 0.2) is 30.6 Å². The van der Waals surface area contributed by atoms with Crippen LogP contribution in [0, 0.1) is 0 Å². The molecule has 0 amide bonds. The van der Waals surface area contributed by atoms with E-state index in [4.69, 9.17) is 0 Å². The molecule has 0 radical (unpaired) electrons. The van der Waals surface area contributed by atoms with Crippen LogP contribution in [0.2, 0.25) is 0 Å². The van der Waals surface area contributed by atoms with Gasteiger partial charge in [0.15, 0.2) is 0 Å². The predicted octanol–water partition coefficient (Wildman–Crippen LogP) is 2.22. The lowest BCUT2D eigenvalue weighted by molar-refractivity contribution is 0.789. The summed E-state index contributed by atoms with van der Waals surface area (Å²) >= 11 is 1.97. The van der Waals surface area contributed by atoms with E-state index in [0.29, 0.717) is 0 Å². The number of nitrogens with one attached hydrogen (secondary N) is 1. The van der Waals surface area contributed by atoms with E-state index < -0.39 is 0 Å². The standard InChI is InChI=1S/C12H17N5S/c1-2-18-8-4-7-13-11-5-3-6-12(9-11)17-10-14-15-16-17/h3,5-6,9-10,13H,2,4,7-8H2,1H3. The Morgan fingerprint density at radius 3 is 3.11 bits per heavy atom. The van der Waals surface area contributed by atoms with Gasteiger partial charge in [-0.15, -0.1) is 5.10 Å². The molecule has 1 N–H and O–H groups in total.